The number of ether oxygens (including phenoxy) is 2. The summed E-state index contributed by atoms with van der Waals surface area (Å²) in [6.07, 6.45) is 0. The van der Waals surface area contributed by atoms with E-state index in [1.165, 1.54) is 7.11 Å². The summed E-state index contributed by atoms with van der Waals surface area (Å²) in [4.78, 5) is 29.5. The minimum Gasteiger partial charge on any atom is -0.482 e. The zero-order valence-electron chi connectivity index (χ0n) is 14.3. The second-order valence-corrected chi connectivity index (χ2v) is 5.54. The van der Waals surface area contributed by atoms with Gasteiger partial charge in [-0.15, -0.1) is 0 Å². The number of carbonyl (C=O) groups is 2. The van der Waals surface area contributed by atoms with E-state index in [1.807, 2.05) is 24.1 Å². The summed E-state index contributed by atoms with van der Waals surface area (Å²) in [6, 6.07) is 12.1. The van der Waals surface area contributed by atoms with Crippen LogP contribution < -0.4 is 10.5 Å². The van der Waals surface area contributed by atoms with E-state index in [4.69, 9.17) is 10.5 Å². The first-order valence-electron chi connectivity index (χ1n) is 7.71. The molecule has 0 aliphatic rings. The summed E-state index contributed by atoms with van der Waals surface area (Å²) in [5.74, 6) is 0.474. The molecule has 25 heavy (non-hydrogen) atoms. The van der Waals surface area contributed by atoms with E-state index in [9.17, 15) is 9.59 Å². The van der Waals surface area contributed by atoms with Crippen molar-refractivity contribution in [1.82, 2.24) is 9.88 Å². The standard InChI is InChI=1S/C18H21N3O4/c1-21(10-14-4-3-5-17(19)20-14)11-16(22)13-6-8-15(9-7-13)25-12-18(23)24-2/h3-9H,10-12H2,1-2H3,(H2,19,20). The SMILES string of the molecule is COC(=O)COc1ccc(C(=O)CN(C)Cc2cccc(N)n2)cc1. The largest absolute Gasteiger partial charge is 0.482 e. The molecular weight excluding hydrogens is 322 g/mol. The topological polar surface area (TPSA) is 94.8 Å². The van der Waals surface area contributed by atoms with E-state index in [0.717, 1.165) is 5.69 Å². The molecular formula is C18H21N3O4. The van der Waals surface area contributed by atoms with Crippen LogP contribution in [0, 0.1) is 0 Å². The summed E-state index contributed by atoms with van der Waals surface area (Å²) in [5, 5.41) is 0. The maximum Gasteiger partial charge on any atom is 0.343 e. The number of aromatic nitrogens is 1. The van der Waals surface area contributed by atoms with Crippen LogP contribution in [0.1, 0.15) is 16.1 Å². The molecule has 0 fully saturated rings. The maximum atomic E-state index is 12.3. The van der Waals surface area contributed by atoms with Gasteiger partial charge in [-0.1, -0.05) is 6.07 Å². The van der Waals surface area contributed by atoms with Gasteiger partial charge in [-0.2, -0.15) is 0 Å². The Labute approximate surface area is 146 Å². The average Bonchev–Trinajstić information content (AvgIpc) is 2.59. The third-order valence-corrected chi connectivity index (χ3v) is 3.43. The van der Waals surface area contributed by atoms with Crippen molar-refractivity contribution in [1.29, 1.82) is 0 Å². The molecule has 2 N–H and O–H groups in total. The second-order valence-electron chi connectivity index (χ2n) is 5.54. The highest BCUT2D eigenvalue weighted by molar-refractivity contribution is 5.97. The Bertz CT molecular complexity index is 731. The molecule has 132 valence electrons. The van der Waals surface area contributed by atoms with Crippen molar-refractivity contribution in [2.75, 3.05) is 33.0 Å². The number of methoxy groups -OCH3 is 1. The number of nitrogens with two attached hydrogens (primary N) is 1. The fourth-order valence-corrected chi connectivity index (χ4v) is 2.19. The number of carbonyl (C=O) groups excluding carboxylic acids is 2. The van der Waals surface area contributed by atoms with Gasteiger partial charge in [-0.05, 0) is 43.4 Å². The van der Waals surface area contributed by atoms with Crippen molar-refractivity contribution in [3.05, 3.63) is 53.7 Å². The van der Waals surface area contributed by atoms with Crippen LogP contribution in [0.15, 0.2) is 42.5 Å². The molecule has 0 atom stereocenters. The van der Waals surface area contributed by atoms with E-state index < -0.39 is 5.97 Å². The van der Waals surface area contributed by atoms with Gasteiger partial charge in [0.1, 0.15) is 11.6 Å². The van der Waals surface area contributed by atoms with Crippen molar-refractivity contribution >= 4 is 17.6 Å². The lowest BCUT2D eigenvalue weighted by molar-refractivity contribution is -0.142. The quantitative estimate of drug-likeness (QED) is 0.574. The Balaban J connectivity index is 1.88. The Kier molecular flexibility index (Phi) is 6.47. The van der Waals surface area contributed by atoms with Crippen molar-refractivity contribution in [3.63, 3.8) is 0 Å². The highest BCUT2D eigenvalue weighted by Crippen LogP contribution is 2.13. The molecule has 0 saturated carbocycles. The molecule has 2 aromatic rings. The van der Waals surface area contributed by atoms with Crippen LogP contribution in [0.5, 0.6) is 5.75 Å². The third-order valence-electron chi connectivity index (χ3n) is 3.43. The van der Waals surface area contributed by atoms with Crippen LogP contribution in [0.2, 0.25) is 0 Å². The Morgan fingerprint density at radius 3 is 2.52 bits per heavy atom. The molecule has 1 aromatic carbocycles. The van der Waals surface area contributed by atoms with Crippen LogP contribution in [-0.4, -0.2) is 48.9 Å². The Morgan fingerprint density at radius 2 is 1.88 bits per heavy atom. The van der Waals surface area contributed by atoms with Gasteiger partial charge in [0, 0.05) is 12.1 Å². The number of Topliss-reactive ketones (excluding diaryl/α,β-unsaturated/α-hetero) is 1. The van der Waals surface area contributed by atoms with Crippen molar-refractivity contribution in [3.8, 4) is 5.75 Å². The average molecular weight is 343 g/mol. The van der Waals surface area contributed by atoms with E-state index in [0.29, 0.717) is 23.7 Å². The predicted molar refractivity (Wildman–Crippen MR) is 93.3 cm³/mol. The van der Waals surface area contributed by atoms with Crippen LogP contribution in [0.4, 0.5) is 5.82 Å². The highest BCUT2D eigenvalue weighted by Gasteiger charge is 2.11. The van der Waals surface area contributed by atoms with Crippen molar-refractivity contribution in [2.45, 2.75) is 6.54 Å². The summed E-state index contributed by atoms with van der Waals surface area (Å²) < 4.78 is 9.75. The highest BCUT2D eigenvalue weighted by atomic mass is 16.6. The Morgan fingerprint density at radius 1 is 1.16 bits per heavy atom. The number of nitrogens with zero attached hydrogens (tertiary/aromatic N) is 2. The molecule has 0 aliphatic carbocycles. The molecule has 1 aromatic heterocycles. The smallest absolute Gasteiger partial charge is 0.343 e. The van der Waals surface area contributed by atoms with Gasteiger partial charge in [0.05, 0.1) is 19.3 Å². The van der Waals surface area contributed by atoms with E-state index in [-0.39, 0.29) is 18.9 Å². The summed E-state index contributed by atoms with van der Waals surface area (Å²) >= 11 is 0. The summed E-state index contributed by atoms with van der Waals surface area (Å²) in [7, 11) is 3.14. The molecule has 0 amide bonds. The number of hydrogen-bond acceptors (Lipinski definition) is 7. The van der Waals surface area contributed by atoms with Gasteiger partial charge in [0.25, 0.3) is 0 Å². The molecule has 0 saturated heterocycles. The van der Waals surface area contributed by atoms with Gasteiger partial charge >= 0.3 is 5.97 Å². The minimum atomic E-state index is -0.461. The number of rotatable bonds is 8. The number of ketones is 1. The zero-order chi connectivity index (χ0) is 18.2. The number of anilines is 1. The number of hydrogen-bond donors (Lipinski definition) is 1. The molecule has 1 heterocycles. The lowest BCUT2D eigenvalue weighted by Gasteiger charge is -2.15. The van der Waals surface area contributed by atoms with Crippen molar-refractivity contribution < 1.29 is 19.1 Å². The first-order valence-corrected chi connectivity index (χ1v) is 7.71. The second kappa shape index (κ2) is 8.79. The van der Waals surface area contributed by atoms with E-state index >= 15 is 0 Å². The number of pyridine rings is 1. The van der Waals surface area contributed by atoms with Crippen LogP contribution >= 0.6 is 0 Å². The maximum absolute atomic E-state index is 12.3. The van der Waals surface area contributed by atoms with Gasteiger partial charge < -0.3 is 15.2 Å². The van der Waals surface area contributed by atoms with Crippen LogP contribution in [0.3, 0.4) is 0 Å². The number of benzene rings is 1. The van der Waals surface area contributed by atoms with Gasteiger partial charge in [-0.3, -0.25) is 9.69 Å². The van der Waals surface area contributed by atoms with Gasteiger partial charge in [-0.25, -0.2) is 9.78 Å². The molecule has 0 bridgehead atoms. The summed E-state index contributed by atoms with van der Waals surface area (Å²) in [6.45, 7) is 0.607. The van der Waals surface area contributed by atoms with Crippen LogP contribution in [0.25, 0.3) is 0 Å². The lowest BCUT2D eigenvalue weighted by Crippen LogP contribution is -2.26. The van der Waals surface area contributed by atoms with E-state index in [2.05, 4.69) is 9.72 Å². The number of esters is 1. The zero-order valence-corrected chi connectivity index (χ0v) is 14.3. The number of likely N-dealkylation sites (N-methyl/N-ethyl adjacent to an activating group) is 1. The molecule has 0 spiro atoms. The minimum absolute atomic E-state index is 0.0223. The fourth-order valence-electron chi connectivity index (χ4n) is 2.19. The summed E-state index contributed by atoms with van der Waals surface area (Å²) in [5.41, 5.74) is 7.03. The molecule has 2 rings (SSSR count). The fraction of sp³-hybridized carbons (Fsp3) is 0.278. The first-order chi connectivity index (χ1) is 12.0. The monoisotopic (exact) mass is 343 g/mol. The lowest BCUT2D eigenvalue weighted by atomic mass is 10.1. The van der Waals surface area contributed by atoms with Crippen LogP contribution in [-0.2, 0) is 16.1 Å². The third kappa shape index (κ3) is 5.89. The molecule has 0 unspecified atom stereocenters. The normalized spacial score (nSPS) is 10.5. The Hall–Kier alpha value is -2.93. The predicted octanol–water partition coefficient (Wildman–Crippen LogP) is 1.53. The first kappa shape index (κ1) is 18.4. The van der Waals surface area contributed by atoms with E-state index in [1.54, 1.807) is 30.3 Å². The molecule has 0 radical (unpaired) electrons. The van der Waals surface area contributed by atoms with Gasteiger partial charge in [0.15, 0.2) is 12.4 Å². The van der Waals surface area contributed by atoms with Gasteiger partial charge in [0.2, 0.25) is 0 Å². The van der Waals surface area contributed by atoms with Crippen molar-refractivity contribution in [2.24, 2.45) is 0 Å². The number of nitrogen functional groups attached to an aromatic ring is 1. The molecule has 7 heteroatoms. The molecule has 7 nitrogen and oxygen atoms in total. The molecule has 0 aliphatic heterocycles.